The normalized spacial score (nSPS) is 17.9. The largest absolute Gasteiger partial charge is 0.326 e. The van der Waals surface area contributed by atoms with E-state index in [1.165, 1.54) is 12.8 Å². The highest BCUT2D eigenvalue weighted by molar-refractivity contribution is 6.31. The van der Waals surface area contributed by atoms with E-state index in [1.54, 1.807) is 0 Å². The van der Waals surface area contributed by atoms with Gasteiger partial charge < -0.3 is 9.88 Å². The molecule has 3 rings (SSSR count). The van der Waals surface area contributed by atoms with Crippen LogP contribution in [0.2, 0.25) is 5.02 Å². The van der Waals surface area contributed by atoms with Crippen LogP contribution < -0.4 is 5.69 Å². The molecular formula is C15H20ClN3O. The van der Waals surface area contributed by atoms with Crippen molar-refractivity contribution >= 4 is 22.6 Å². The average Bonchev–Trinajstić information content (AvgIpc) is 2.75. The van der Waals surface area contributed by atoms with Crippen LogP contribution in [0.15, 0.2) is 23.0 Å². The van der Waals surface area contributed by atoms with Gasteiger partial charge in [-0.25, -0.2) is 4.79 Å². The summed E-state index contributed by atoms with van der Waals surface area (Å²) in [6.45, 7) is 6.42. The Bertz CT molecular complexity index is 653. The fourth-order valence-electron chi connectivity index (χ4n) is 3.06. The number of fused-ring (bicyclic) bond motifs is 1. The van der Waals surface area contributed by atoms with Gasteiger partial charge in [0.1, 0.15) is 0 Å². The highest BCUT2D eigenvalue weighted by Gasteiger charge is 2.20. The van der Waals surface area contributed by atoms with Crippen molar-refractivity contribution < 1.29 is 0 Å². The van der Waals surface area contributed by atoms with Gasteiger partial charge >= 0.3 is 5.69 Å². The Labute approximate surface area is 123 Å². The lowest BCUT2D eigenvalue weighted by atomic mass is 9.97. The van der Waals surface area contributed by atoms with Crippen molar-refractivity contribution in [1.82, 2.24) is 14.5 Å². The van der Waals surface area contributed by atoms with Crippen molar-refractivity contribution in [1.29, 1.82) is 0 Å². The number of H-pyrrole nitrogens is 1. The summed E-state index contributed by atoms with van der Waals surface area (Å²) in [5.74, 6) is 0.588. The van der Waals surface area contributed by atoms with Crippen LogP contribution in [0.3, 0.4) is 0 Å². The standard InChI is InChI=1S/C15H20ClN3O/c1-2-18-7-5-11(6-8-18)10-19-14-4-3-12(16)9-13(14)17-15(19)20/h3-4,9,11H,2,5-8,10H2,1H3,(H,17,20). The Morgan fingerprint density at radius 3 is 2.80 bits per heavy atom. The van der Waals surface area contributed by atoms with Crippen molar-refractivity contribution in [2.75, 3.05) is 19.6 Å². The van der Waals surface area contributed by atoms with Gasteiger partial charge in [0, 0.05) is 11.6 Å². The van der Waals surface area contributed by atoms with Crippen LogP contribution in [-0.4, -0.2) is 34.1 Å². The SMILES string of the molecule is CCN1CCC(Cn2c(=O)[nH]c3cc(Cl)ccc32)CC1. The topological polar surface area (TPSA) is 41.0 Å². The number of imidazole rings is 1. The van der Waals surface area contributed by atoms with Gasteiger partial charge in [-0.3, -0.25) is 4.57 Å². The monoisotopic (exact) mass is 293 g/mol. The molecule has 20 heavy (non-hydrogen) atoms. The highest BCUT2D eigenvalue weighted by atomic mass is 35.5. The molecule has 1 aliphatic rings. The van der Waals surface area contributed by atoms with Gasteiger partial charge in [0.15, 0.2) is 0 Å². The van der Waals surface area contributed by atoms with Crippen LogP contribution in [0.25, 0.3) is 11.0 Å². The average molecular weight is 294 g/mol. The molecule has 1 aromatic heterocycles. The first-order valence-electron chi connectivity index (χ1n) is 7.28. The number of hydrogen-bond donors (Lipinski definition) is 1. The molecule has 0 atom stereocenters. The van der Waals surface area contributed by atoms with E-state index in [-0.39, 0.29) is 5.69 Å². The molecule has 1 N–H and O–H groups in total. The second-order valence-corrected chi connectivity index (χ2v) is 6.02. The number of aromatic amines is 1. The lowest BCUT2D eigenvalue weighted by molar-refractivity contribution is 0.181. The Balaban J connectivity index is 1.81. The first kappa shape index (κ1) is 13.7. The van der Waals surface area contributed by atoms with Crippen molar-refractivity contribution in [2.45, 2.75) is 26.3 Å². The summed E-state index contributed by atoms with van der Waals surface area (Å²) in [4.78, 5) is 17.5. The smallest absolute Gasteiger partial charge is 0.305 e. The Kier molecular flexibility index (Phi) is 3.85. The number of halogens is 1. The van der Waals surface area contributed by atoms with E-state index in [4.69, 9.17) is 11.6 Å². The van der Waals surface area contributed by atoms with Crippen molar-refractivity contribution in [3.8, 4) is 0 Å². The van der Waals surface area contributed by atoms with Gasteiger partial charge in [0.2, 0.25) is 0 Å². The summed E-state index contributed by atoms with van der Waals surface area (Å²) >= 11 is 5.97. The van der Waals surface area contributed by atoms with Crippen LogP contribution in [0.4, 0.5) is 0 Å². The lowest BCUT2D eigenvalue weighted by Crippen LogP contribution is -2.35. The Morgan fingerprint density at radius 2 is 2.10 bits per heavy atom. The Morgan fingerprint density at radius 1 is 1.35 bits per heavy atom. The van der Waals surface area contributed by atoms with Gasteiger partial charge in [0.05, 0.1) is 11.0 Å². The van der Waals surface area contributed by atoms with E-state index in [9.17, 15) is 4.79 Å². The number of hydrogen-bond acceptors (Lipinski definition) is 2. The van der Waals surface area contributed by atoms with Gasteiger partial charge in [-0.15, -0.1) is 0 Å². The zero-order valence-electron chi connectivity index (χ0n) is 11.7. The minimum absolute atomic E-state index is 0.0276. The molecule has 5 heteroatoms. The summed E-state index contributed by atoms with van der Waals surface area (Å²) in [7, 11) is 0. The zero-order chi connectivity index (χ0) is 14.1. The van der Waals surface area contributed by atoms with Crippen LogP contribution in [0, 0.1) is 5.92 Å². The predicted octanol–water partition coefficient (Wildman–Crippen LogP) is 2.71. The minimum Gasteiger partial charge on any atom is -0.305 e. The third-order valence-electron chi connectivity index (χ3n) is 4.33. The number of likely N-dealkylation sites (tertiary alicyclic amines) is 1. The quantitative estimate of drug-likeness (QED) is 0.945. The summed E-state index contributed by atoms with van der Waals surface area (Å²) in [6, 6.07) is 5.58. The molecule has 108 valence electrons. The zero-order valence-corrected chi connectivity index (χ0v) is 12.5. The molecule has 0 saturated carbocycles. The number of nitrogens with one attached hydrogen (secondary N) is 1. The van der Waals surface area contributed by atoms with E-state index in [0.29, 0.717) is 10.9 Å². The second-order valence-electron chi connectivity index (χ2n) is 5.58. The Hall–Kier alpha value is -1.26. The van der Waals surface area contributed by atoms with Crippen molar-refractivity contribution in [3.05, 3.63) is 33.7 Å². The first-order chi connectivity index (χ1) is 9.67. The van der Waals surface area contributed by atoms with Crippen LogP contribution in [-0.2, 0) is 6.54 Å². The maximum Gasteiger partial charge on any atom is 0.326 e. The summed E-state index contributed by atoms with van der Waals surface area (Å²) < 4.78 is 1.86. The maximum atomic E-state index is 12.1. The molecule has 0 bridgehead atoms. The van der Waals surface area contributed by atoms with E-state index in [1.807, 2.05) is 22.8 Å². The summed E-state index contributed by atoms with van der Waals surface area (Å²) in [5.41, 5.74) is 1.76. The molecule has 1 saturated heterocycles. The maximum absolute atomic E-state index is 12.1. The molecule has 1 aromatic carbocycles. The molecule has 0 unspecified atom stereocenters. The predicted molar refractivity (Wildman–Crippen MR) is 82.4 cm³/mol. The lowest BCUT2D eigenvalue weighted by Gasteiger charge is -2.31. The minimum atomic E-state index is -0.0276. The molecule has 4 nitrogen and oxygen atoms in total. The van der Waals surface area contributed by atoms with Crippen LogP contribution in [0.1, 0.15) is 19.8 Å². The second kappa shape index (κ2) is 5.62. The fourth-order valence-corrected chi connectivity index (χ4v) is 3.23. The van der Waals surface area contributed by atoms with Gasteiger partial charge in [-0.05, 0) is 56.6 Å². The van der Waals surface area contributed by atoms with E-state index in [2.05, 4.69) is 16.8 Å². The number of rotatable bonds is 3. The highest BCUT2D eigenvalue weighted by Crippen LogP contribution is 2.21. The number of nitrogens with zero attached hydrogens (tertiary/aromatic N) is 2. The first-order valence-corrected chi connectivity index (χ1v) is 7.65. The van der Waals surface area contributed by atoms with Gasteiger partial charge in [-0.1, -0.05) is 18.5 Å². The number of benzene rings is 1. The molecule has 2 aromatic rings. The molecule has 0 radical (unpaired) electrons. The fraction of sp³-hybridized carbons (Fsp3) is 0.533. The third kappa shape index (κ3) is 2.63. The van der Waals surface area contributed by atoms with Gasteiger partial charge in [0.25, 0.3) is 0 Å². The number of aromatic nitrogens is 2. The molecular weight excluding hydrogens is 274 g/mol. The van der Waals surface area contributed by atoms with Crippen molar-refractivity contribution in [2.24, 2.45) is 5.92 Å². The van der Waals surface area contributed by atoms with Crippen LogP contribution >= 0.6 is 11.6 Å². The molecule has 0 aliphatic carbocycles. The third-order valence-corrected chi connectivity index (χ3v) is 4.57. The molecule has 0 amide bonds. The molecule has 1 aliphatic heterocycles. The molecule has 0 spiro atoms. The number of piperidine rings is 1. The van der Waals surface area contributed by atoms with E-state index >= 15 is 0 Å². The summed E-state index contributed by atoms with van der Waals surface area (Å²) in [6.07, 6.45) is 2.33. The van der Waals surface area contributed by atoms with E-state index < -0.39 is 0 Å². The van der Waals surface area contributed by atoms with Crippen LogP contribution in [0.5, 0.6) is 0 Å². The summed E-state index contributed by atoms with van der Waals surface area (Å²) in [5, 5.41) is 0.655. The van der Waals surface area contributed by atoms with Gasteiger partial charge in [-0.2, -0.15) is 0 Å². The van der Waals surface area contributed by atoms with E-state index in [0.717, 1.165) is 37.2 Å². The molecule has 2 heterocycles. The van der Waals surface area contributed by atoms with Crippen molar-refractivity contribution in [3.63, 3.8) is 0 Å². The molecule has 1 fully saturated rings.